The Hall–Kier alpha value is 0.686. The van der Waals surface area contributed by atoms with Gasteiger partial charge in [-0.05, 0) is 22.0 Å². The first-order valence-corrected chi connectivity index (χ1v) is 6.13. The fraction of sp³-hybridized carbons (Fsp3) is 0. The van der Waals surface area contributed by atoms with Crippen LogP contribution in [0.25, 0.3) is 0 Å². The van der Waals surface area contributed by atoms with Gasteiger partial charge in [-0.1, -0.05) is 9.89 Å². The second-order valence-corrected chi connectivity index (χ2v) is 4.31. The molecule has 0 atom stereocenters. The maximum atomic E-state index is 5.64. The van der Waals surface area contributed by atoms with E-state index in [4.69, 9.17) is 9.07 Å². The van der Waals surface area contributed by atoms with Gasteiger partial charge in [0.2, 0.25) is 0 Å². The first-order chi connectivity index (χ1) is 4.33. The molecule has 1 nitrogen and oxygen atoms in total. The fourth-order valence-electron chi connectivity index (χ4n) is 0.485. The Morgan fingerprint density at radius 3 is 2.78 bits per heavy atom. The minimum atomic E-state index is -0.584. The van der Waals surface area contributed by atoms with Crippen molar-refractivity contribution in [2.24, 2.45) is 0 Å². The minimum absolute atomic E-state index is 0.584. The first kappa shape index (κ1) is 7.79. The Labute approximate surface area is 75.4 Å². The quantitative estimate of drug-likeness (QED) is 0.646. The lowest BCUT2D eigenvalue weighted by atomic mass is 10.5. The molecule has 0 bridgehead atoms. The summed E-state index contributed by atoms with van der Waals surface area (Å²) in [5.41, 5.74) is 0. The number of nitrogens with zero attached hydrogens (tertiary/aromatic N) is 1. The summed E-state index contributed by atoms with van der Waals surface area (Å²) in [6.45, 7) is 0. The monoisotopic (exact) mass is 215 g/mol. The van der Waals surface area contributed by atoms with Gasteiger partial charge in [0.1, 0.15) is 0 Å². The second kappa shape index (κ2) is 3.76. The van der Waals surface area contributed by atoms with E-state index in [9.17, 15) is 0 Å². The van der Waals surface area contributed by atoms with E-state index in [1.807, 2.05) is 12.1 Å². The first-order valence-electron chi connectivity index (χ1n) is 2.49. The van der Waals surface area contributed by atoms with E-state index in [1.165, 1.54) is 0 Å². The number of aromatic nitrogens is 1. The van der Waals surface area contributed by atoms with Crippen molar-refractivity contribution in [3.63, 3.8) is 0 Å². The largest absolute Gasteiger partial charge is 0.564 e. The summed E-state index contributed by atoms with van der Waals surface area (Å²) in [4.78, 5) is 4.08. The number of rotatable bonds is 1. The molecule has 4 heteroatoms. The van der Waals surface area contributed by atoms with E-state index in [1.54, 1.807) is 6.20 Å². The summed E-state index contributed by atoms with van der Waals surface area (Å²) in [5.74, 6) is 0. The topological polar surface area (TPSA) is 12.9 Å². The molecule has 1 aromatic rings. The van der Waals surface area contributed by atoms with Crippen molar-refractivity contribution in [2.75, 3.05) is 0 Å². The summed E-state index contributed by atoms with van der Waals surface area (Å²) >= 11 is 2.70. The predicted octanol–water partition coefficient (Wildman–Crippen LogP) is 1.33. The van der Waals surface area contributed by atoms with Gasteiger partial charge >= 0.3 is 19.3 Å². The van der Waals surface area contributed by atoms with Gasteiger partial charge in [-0.25, -0.2) is 0 Å². The third kappa shape index (κ3) is 2.41. The zero-order valence-corrected chi connectivity index (χ0v) is 8.40. The van der Waals surface area contributed by atoms with Gasteiger partial charge in [0, 0.05) is 10.7 Å². The Morgan fingerprint density at radius 1 is 1.56 bits per heavy atom. The van der Waals surface area contributed by atoms with Crippen LogP contribution in [-0.2, 0) is 0 Å². The van der Waals surface area contributed by atoms with E-state index in [0.29, 0.717) is 0 Å². The van der Waals surface area contributed by atoms with Gasteiger partial charge in [0.25, 0.3) is 0 Å². The molecule has 0 aliphatic carbocycles. The molecule has 0 radical (unpaired) electrons. The van der Waals surface area contributed by atoms with Gasteiger partial charge < -0.3 is 9.07 Å². The summed E-state index contributed by atoms with van der Waals surface area (Å²) in [6.07, 6.45) is 1.77. The van der Waals surface area contributed by atoms with Crippen molar-refractivity contribution in [1.29, 1.82) is 0 Å². The molecule has 0 aliphatic heterocycles. The number of halogens is 2. The van der Waals surface area contributed by atoms with Crippen LogP contribution in [0, 0.1) is 0 Å². The summed E-state index contributed by atoms with van der Waals surface area (Å²) < 4.78 is 2.05. The molecular formula is C5H3BrClMgN. The van der Waals surface area contributed by atoms with Gasteiger partial charge in [0.15, 0.2) is 0 Å². The minimum Gasteiger partial charge on any atom is -0.333 e. The van der Waals surface area contributed by atoms with Crippen LogP contribution in [0.3, 0.4) is 0 Å². The molecule has 0 saturated heterocycles. The molecule has 0 unspecified atom stereocenters. The molecule has 1 rings (SSSR count). The maximum Gasteiger partial charge on any atom is 0.564 e. The van der Waals surface area contributed by atoms with E-state index in [2.05, 4.69) is 20.9 Å². The summed E-state index contributed by atoms with van der Waals surface area (Å²) in [7, 11) is 5.64. The average molecular weight is 217 g/mol. The van der Waals surface area contributed by atoms with Crippen LogP contribution >= 0.6 is 25.0 Å². The summed E-state index contributed by atoms with van der Waals surface area (Å²) in [5, 5.41) is 0. The second-order valence-electron chi connectivity index (χ2n) is 1.60. The van der Waals surface area contributed by atoms with E-state index >= 15 is 0 Å². The molecule has 44 valence electrons. The van der Waals surface area contributed by atoms with Crippen LogP contribution in [0.5, 0.6) is 0 Å². The van der Waals surface area contributed by atoms with Crippen LogP contribution in [0.1, 0.15) is 0 Å². The maximum absolute atomic E-state index is 5.64. The molecule has 1 heterocycles. The van der Waals surface area contributed by atoms with Crippen molar-refractivity contribution in [3.8, 4) is 0 Å². The lowest BCUT2D eigenvalue weighted by Gasteiger charge is -1.91. The van der Waals surface area contributed by atoms with Crippen LogP contribution in [-0.4, -0.2) is 24.2 Å². The van der Waals surface area contributed by atoms with Gasteiger partial charge in [-0.3, -0.25) is 4.98 Å². The van der Waals surface area contributed by atoms with Crippen LogP contribution < -0.4 is 3.82 Å². The predicted molar refractivity (Wildman–Crippen MR) is 43.2 cm³/mol. The Bertz CT molecular complexity index is 189. The van der Waals surface area contributed by atoms with Gasteiger partial charge in [-0.2, -0.15) is 0 Å². The smallest absolute Gasteiger partial charge is 0.333 e. The number of pyridine rings is 1. The normalized spacial score (nSPS) is 8.67. The summed E-state index contributed by atoms with van der Waals surface area (Å²) in [6, 6.07) is 3.90. The highest BCUT2D eigenvalue weighted by Gasteiger charge is 1.94. The van der Waals surface area contributed by atoms with E-state index in [-0.39, 0.29) is 0 Å². The molecule has 0 aromatic carbocycles. The van der Waals surface area contributed by atoms with Crippen molar-refractivity contribution >= 4 is 48.1 Å². The van der Waals surface area contributed by atoms with Crippen molar-refractivity contribution in [3.05, 3.63) is 22.8 Å². The van der Waals surface area contributed by atoms with Gasteiger partial charge in [0.05, 0.1) is 0 Å². The molecule has 0 spiro atoms. The highest BCUT2D eigenvalue weighted by Crippen LogP contribution is 2.02. The standard InChI is InChI=1S/C5H3BrN.ClH.Mg/c6-5-2-1-3-7-4-5;;/h1-2,4H;1H;/q;;+1/p-1. The van der Waals surface area contributed by atoms with E-state index < -0.39 is 19.3 Å². The van der Waals surface area contributed by atoms with Gasteiger partial charge in [-0.15, -0.1) is 0 Å². The zero-order valence-electron chi connectivity index (χ0n) is 4.64. The Kier molecular flexibility index (Phi) is 3.25. The molecule has 0 fully saturated rings. The third-order valence-electron chi connectivity index (χ3n) is 0.926. The SMILES string of the molecule is [Cl][Mg][c]1ccc(Br)cn1. The highest BCUT2D eigenvalue weighted by molar-refractivity contribution is 9.10. The van der Waals surface area contributed by atoms with Crippen LogP contribution in [0.2, 0.25) is 0 Å². The molecule has 1 aromatic heterocycles. The molecule has 0 saturated carbocycles. The molecule has 0 N–H and O–H groups in total. The molecule has 9 heavy (non-hydrogen) atoms. The van der Waals surface area contributed by atoms with Crippen molar-refractivity contribution in [2.45, 2.75) is 0 Å². The van der Waals surface area contributed by atoms with Crippen LogP contribution in [0.15, 0.2) is 22.8 Å². The number of hydrogen-bond donors (Lipinski definition) is 0. The third-order valence-corrected chi connectivity index (χ3v) is 2.91. The van der Waals surface area contributed by atoms with Crippen LogP contribution in [0.4, 0.5) is 0 Å². The Balaban J connectivity index is 2.88. The molecule has 0 amide bonds. The highest BCUT2D eigenvalue weighted by atomic mass is 79.9. The van der Waals surface area contributed by atoms with Crippen molar-refractivity contribution in [1.82, 2.24) is 4.98 Å². The van der Waals surface area contributed by atoms with Crippen molar-refractivity contribution < 1.29 is 0 Å². The van der Waals surface area contributed by atoms with E-state index in [0.717, 1.165) is 8.30 Å². The average Bonchev–Trinajstić information content (AvgIpc) is 1.90. The zero-order chi connectivity index (χ0) is 6.69. The number of hydrogen-bond acceptors (Lipinski definition) is 1. The molecule has 0 aliphatic rings. The lowest BCUT2D eigenvalue weighted by Crippen LogP contribution is -2.11. The lowest BCUT2D eigenvalue weighted by molar-refractivity contribution is 1.37. The fourth-order valence-corrected chi connectivity index (χ4v) is 1.56. The molecular weight excluding hydrogens is 214 g/mol. The Morgan fingerprint density at radius 2 is 2.33 bits per heavy atom.